The third-order valence-corrected chi connectivity index (χ3v) is 4.18. The summed E-state index contributed by atoms with van der Waals surface area (Å²) in [5.74, 6) is -0.274. The number of nitrogens with one attached hydrogen (secondary N) is 1. The SMILES string of the molecule is CNc1cc(-c2ccc(N3CC(CCC(N)=O)OC3=O)cc2F)ccn1. The fourth-order valence-electron chi connectivity index (χ4n) is 2.83. The lowest BCUT2D eigenvalue weighted by atomic mass is 10.1. The van der Waals surface area contributed by atoms with Gasteiger partial charge in [-0.3, -0.25) is 9.69 Å². The van der Waals surface area contributed by atoms with E-state index in [0.717, 1.165) is 0 Å². The normalized spacial score (nSPS) is 16.5. The first-order chi connectivity index (χ1) is 12.5. The van der Waals surface area contributed by atoms with Gasteiger partial charge in [-0.15, -0.1) is 0 Å². The van der Waals surface area contributed by atoms with Gasteiger partial charge in [0, 0.05) is 25.2 Å². The molecule has 3 N–H and O–H groups in total. The lowest BCUT2D eigenvalue weighted by Gasteiger charge is -2.14. The fraction of sp³-hybridized carbons (Fsp3) is 0.278. The predicted molar refractivity (Wildman–Crippen MR) is 95.2 cm³/mol. The van der Waals surface area contributed by atoms with E-state index in [9.17, 15) is 14.0 Å². The van der Waals surface area contributed by atoms with Gasteiger partial charge < -0.3 is 15.8 Å². The number of hydrogen-bond acceptors (Lipinski definition) is 5. The molecule has 1 aliphatic heterocycles. The number of amides is 2. The molecule has 3 rings (SSSR count). The Labute approximate surface area is 150 Å². The average Bonchev–Trinajstić information content (AvgIpc) is 3.00. The van der Waals surface area contributed by atoms with Crippen molar-refractivity contribution >= 4 is 23.5 Å². The highest BCUT2D eigenvalue weighted by Gasteiger charge is 2.32. The number of anilines is 2. The van der Waals surface area contributed by atoms with Crippen molar-refractivity contribution in [2.24, 2.45) is 5.73 Å². The van der Waals surface area contributed by atoms with Crippen molar-refractivity contribution in [3.63, 3.8) is 0 Å². The van der Waals surface area contributed by atoms with Crippen LogP contribution < -0.4 is 16.0 Å². The topological polar surface area (TPSA) is 97.5 Å². The molecule has 0 spiro atoms. The van der Waals surface area contributed by atoms with Crippen LogP contribution in [0.4, 0.5) is 20.7 Å². The molecule has 1 atom stereocenters. The second-order valence-corrected chi connectivity index (χ2v) is 5.97. The summed E-state index contributed by atoms with van der Waals surface area (Å²) in [6.07, 6.45) is 1.08. The van der Waals surface area contributed by atoms with Crippen LogP contribution in [0.3, 0.4) is 0 Å². The maximum absolute atomic E-state index is 14.6. The van der Waals surface area contributed by atoms with E-state index in [0.29, 0.717) is 29.1 Å². The molecule has 1 saturated heterocycles. The molecule has 1 aliphatic rings. The zero-order chi connectivity index (χ0) is 18.7. The van der Waals surface area contributed by atoms with Gasteiger partial charge in [-0.25, -0.2) is 14.2 Å². The van der Waals surface area contributed by atoms with Crippen LogP contribution >= 0.6 is 0 Å². The second kappa shape index (κ2) is 7.38. The Morgan fingerprint density at radius 2 is 2.23 bits per heavy atom. The molecule has 2 aromatic rings. The zero-order valence-electron chi connectivity index (χ0n) is 14.2. The number of benzene rings is 1. The predicted octanol–water partition coefficient (Wildman–Crippen LogP) is 2.52. The van der Waals surface area contributed by atoms with E-state index < -0.39 is 23.9 Å². The number of carbonyl (C=O) groups excluding carboxylic acids is 2. The van der Waals surface area contributed by atoms with E-state index in [1.165, 1.54) is 11.0 Å². The highest BCUT2D eigenvalue weighted by atomic mass is 19.1. The van der Waals surface area contributed by atoms with Crippen LogP contribution in [0.15, 0.2) is 36.5 Å². The molecular weight excluding hydrogens is 339 g/mol. The number of aromatic nitrogens is 1. The number of hydrogen-bond donors (Lipinski definition) is 2. The summed E-state index contributed by atoms with van der Waals surface area (Å²) < 4.78 is 19.8. The molecule has 1 aromatic heterocycles. The van der Waals surface area contributed by atoms with Gasteiger partial charge in [0.2, 0.25) is 5.91 Å². The standard InChI is InChI=1S/C18H19FN4O3/c1-21-17-8-11(6-7-22-17)14-4-2-12(9-15(14)19)23-10-13(26-18(23)25)3-5-16(20)24/h2,4,6-9,13H,3,5,10H2,1H3,(H2,20,24)(H,21,22). The third-order valence-electron chi connectivity index (χ3n) is 4.18. The first-order valence-corrected chi connectivity index (χ1v) is 8.18. The Kier molecular flexibility index (Phi) is 5.01. The monoisotopic (exact) mass is 358 g/mol. The minimum absolute atomic E-state index is 0.134. The molecule has 2 heterocycles. The Bertz CT molecular complexity index is 843. The molecule has 0 aliphatic carbocycles. The van der Waals surface area contributed by atoms with Gasteiger partial charge in [-0.2, -0.15) is 0 Å². The Morgan fingerprint density at radius 3 is 2.92 bits per heavy atom. The van der Waals surface area contributed by atoms with E-state index in [1.807, 2.05) is 0 Å². The molecular formula is C18H19FN4O3. The molecule has 0 bridgehead atoms. The van der Waals surface area contributed by atoms with E-state index >= 15 is 0 Å². The van der Waals surface area contributed by atoms with Crippen LogP contribution in [0, 0.1) is 5.82 Å². The third kappa shape index (κ3) is 3.74. The lowest BCUT2D eigenvalue weighted by Crippen LogP contribution is -2.25. The number of primary amides is 1. The minimum Gasteiger partial charge on any atom is -0.444 e. The van der Waals surface area contributed by atoms with Gasteiger partial charge in [0.05, 0.1) is 12.2 Å². The van der Waals surface area contributed by atoms with Crippen molar-refractivity contribution in [3.8, 4) is 11.1 Å². The highest BCUT2D eigenvalue weighted by molar-refractivity contribution is 5.90. The van der Waals surface area contributed by atoms with Crippen molar-refractivity contribution in [2.45, 2.75) is 18.9 Å². The molecule has 26 heavy (non-hydrogen) atoms. The summed E-state index contributed by atoms with van der Waals surface area (Å²) in [4.78, 5) is 28.3. The first kappa shape index (κ1) is 17.7. The average molecular weight is 358 g/mol. The van der Waals surface area contributed by atoms with Crippen molar-refractivity contribution in [1.29, 1.82) is 0 Å². The van der Waals surface area contributed by atoms with Gasteiger partial charge in [0.25, 0.3) is 0 Å². The maximum Gasteiger partial charge on any atom is 0.414 e. The molecule has 0 saturated carbocycles. The van der Waals surface area contributed by atoms with Gasteiger partial charge in [-0.1, -0.05) is 0 Å². The first-order valence-electron chi connectivity index (χ1n) is 8.18. The van der Waals surface area contributed by atoms with Gasteiger partial charge in [0.1, 0.15) is 17.7 Å². The largest absolute Gasteiger partial charge is 0.444 e. The second-order valence-electron chi connectivity index (χ2n) is 5.97. The van der Waals surface area contributed by atoms with Crippen LogP contribution in [0.5, 0.6) is 0 Å². The molecule has 2 amide bonds. The number of ether oxygens (including phenoxy) is 1. The van der Waals surface area contributed by atoms with Crippen molar-refractivity contribution < 1.29 is 18.7 Å². The van der Waals surface area contributed by atoms with Gasteiger partial charge in [-0.05, 0) is 42.3 Å². The van der Waals surface area contributed by atoms with E-state index in [-0.39, 0.29) is 13.0 Å². The number of cyclic esters (lactones) is 1. The quantitative estimate of drug-likeness (QED) is 0.827. The van der Waals surface area contributed by atoms with E-state index in [4.69, 9.17) is 10.5 Å². The Morgan fingerprint density at radius 1 is 1.42 bits per heavy atom. The van der Waals surface area contributed by atoms with Crippen LogP contribution in [-0.2, 0) is 9.53 Å². The Balaban J connectivity index is 1.79. The molecule has 136 valence electrons. The van der Waals surface area contributed by atoms with Crippen molar-refractivity contribution in [3.05, 3.63) is 42.3 Å². The molecule has 1 fully saturated rings. The van der Waals surface area contributed by atoms with Crippen LogP contribution in [0.2, 0.25) is 0 Å². The Hall–Kier alpha value is -3.16. The van der Waals surface area contributed by atoms with E-state index in [2.05, 4.69) is 10.3 Å². The minimum atomic E-state index is -0.562. The van der Waals surface area contributed by atoms with E-state index in [1.54, 1.807) is 37.5 Å². The maximum atomic E-state index is 14.6. The van der Waals surface area contributed by atoms with Crippen molar-refractivity contribution in [2.75, 3.05) is 23.8 Å². The molecule has 1 unspecified atom stereocenters. The molecule has 0 radical (unpaired) electrons. The van der Waals surface area contributed by atoms with Crippen LogP contribution in [0.1, 0.15) is 12.8 Å². The van der Waals surface area contributed by atoms with Crippen LogP contribution in [0.25, 0.3) is 11.1 Å². The van der Waals surface area contributed by atoms with Crippen molar-refractivity contribution in [1.82, 2.24) is 4.98 Å². The summed E-state index contributed by atoms with van der Waals surface area (Å²) in [7, 11) is 1.74. The number of carbonyl (C=O) groups is 2. The number of nitrogens with two attached hydrogens (primary N) is 1. The number of rotatable bonds is 6. The molecule has 7 nitrogen and oxygen atoms in total. The highest BCUT2D eigenvalue weighted by Crippen LogP contribution is 2.30. The summed E-state index contributed by atoms with van der Waals surface area (Å²) in [6.45, 7) is 0.254. The number of halogens is 1. The zero-order valence-corrected chi connectivity index (χ0v) is 14.2. The fourth-order valence-corrected chi connectivity index (χ4v) is 2.83. The number of nitrogens with zero attached hydrogens (tertiary/aromatic N) is 2. The summed E-state index contributed by atoms with van der Waals surface area (Å²) >= 11 is 0. The van der Waals surface area contributed by atoms with Gasteiger partial charge in [0.15, 0.2) is 0 Å². The van der Waals surface area contributed by atoms with Gasteiger partial charge >= 0.3 is 6.09 Å². The molecule has 1 aromatic carbocycles. The smallest absolute Gasteiger partial charge is 0.414 e. The molecule has 8 heteroatoms. The van der Waals surface area contributed by atoms with Crippen LogP contribution in [-0.4, -0.2) is 36.7 Å². The lowest BCUT2D eigenvalue weighted by molar-refractivity contribution is -0.118. The summed E-state index contributed by atoms with van der Waals surface area (Å²) in [5, 5.41) is 2.91. The summed E-state index contributed by atoms with van der Waals surface area (Å²) in [5.41, 5.74) is 6.60. The summed E-state index contributed by atoms with van der Waals surface area (Å²) in [6, 6.07) is 8.02. The number of pyridine rings is 1.